The largest absolute Gasteiger partial charge is 0.327 e. The molecule has 0 bridgehead atoms. The summed E-state index contributed by atoms with van der Waals surface area (Å²) in [6, 6.07) is 2.27. The van der Waals surface area contributed by atoms with Gasteiger partial charge in [-0.1, -0.05) is 11.8 Å². The van der Waals surface area contributed by atoms with Crippen LogP contribution >= 0.6 is 34.4 Å². The zero-order valence-electron chi connectivity index (χ0n) is 8.29. The first-order valence-electron chi connectivity index (χ1n) is 4.61. The fraction of sp³-hybridized carbons (Fsp3) is 0.300. The van der Waals surface area contributed by atoms with E-state index in [9.17, 15) is 0 Å². The highest BCUT2D eigenvalue weighted by atomic mass is 32.2. The fourth-order valence-corrected chi connectivity index (χ4v) is 3.97. The molecule has 0 amide bonds. The fourth-order valence-electron chi connectivity index (χ4n) is 1.29. The lowest BCUT2D eigenvalue weighted by Crippen LogP contribution is -2.22. The highest BCUT2D eigenvalue weighted by Crippen LogP contribution is 2.38. The first-order valence-corrected chi connectivity index (χ1v) is 7.31. The van der Waals surface area contributed by atoms with Gasteiger partial charge in [-0.15, -0.1) is 11.3 Å². The van der Waals surface area contributed by atoms with Gasteiger partial charge in [-0.05, 0) is 29.3 Å². The lowest BCUT2D eigenvalue weighted by atomic mass is 10.1. The predicted molar refractivity (Wildman–Crippen MR) is 68.7 cm³/mol. The van der Waals surface area contributed by atoms with Gasteiger partial charge < -0.3 is 5.73 Å². The van der Waals surface area contributed by atoms with Gasteiger partial charge in [0, 0.05) is 17.6 Å². The van der Waals surface area contributed by atoms with Crippen LogP contribution in [-0.2, 0) is 0 Å². The predicted octanol–water partition coefficient (Wildman–Crippen LogP) is 3.39. The Bertz CT molecular complexity index is 381. The van der Waals surface area contributed by atoms with Gasteiger partial charge in [-0.25, -0.2) is 4.98 Å². The van der Waals surface area contributed by atoms with Crippen LogP contribution in [0.2, 0.25) is 0 Å². The average Bonchev–Trinajstić information content (AvgIpc) is 2.87. The zero-order valence-corrected chi connectivity index (χ0v) is 10.7. The summed E-state index contributed by atoms with van der Waals surface area (Å²) >= 11 is 5.13. The molecule has 2 rings (SSSR count). The summed E-state index contributed by atoms with van der Waals surface area (Å²) in [7, 11) is 0. The summed E-state index contributed by atoms with van der Waals surface area (Å²) in [4.78, 5) is 4.28. The summed E-state index contributed by atoms with van der Waals surface area (Å²) in [6.07, 6.45) is 1.83. The lowest BCUT2D eigenvalue weighted by molar-refractivity contribution is 0.723. The molecule has 0 aromatic carbocycles. The van der Waals surface area contributed by atoms with Crippen molar-refractivity contribution >= 4 is 34.4 Å². The number of hydrogen-bond acceptors (Lipinski definition) is 5. The standard InChI is InChI=1S/C10H12N2S3/c1-7(11)9(8-2-4-13-6-8)15-10-12-3-5-14-10/h2-7,9H,11H2,1H3. The van der Waals surface area contributed by atoms with E-state index in [1.165, 1.54) is 5.56 Å². The number of hydrogen-bond donors (Lipinski definition) is 1. The van der Waals surface area contributed by atoms with E-state index in [0.717, 1.165) is 4.34 Å². The normalized spacial score (nSPS) is 15.1. The van der Waals surface area contributed by atoms with E-state index in [-0.39, 0.29) is 6.04 Å². The van der Waals surface area contributed by atoms with Crippen LogP contribution < -0.4 is 5.73 Å². The monoisotopic (exact) mass is 256 g/mol. The maximum Gasteiger partial charge on any atom is 0.150 e. The molecule has 2 aromatic heterocycles. The summed E-state index contributed by atoms with van der Waals surface area (Å²) in [6.45, 7) is 2.04. The Kier molecular flexibility index (Phi) is 3.80. The molecular formula is C10H12N2S3. The number of thiophene rings is 1. The van der Waals surface area contributed by atoms with Gasteiger partial charge in [0.05, 0.1) is 5.25 Å². The lowest BCUT2D eigenvalue weighted by Gasteiger charge is -2.17. The van der Waals surface area contributed by atoms with E-state index < -0.39 is 0 Å². The van der Waals surface area contributed by atoms with Gasteiger partial charge >= 0.3 is 0 Å². The molecule has 0 aliphatic heterocycles. The van der Waals surface area contributed by atoms with Crippen LogP contribution in [0.5, 0.6) is 0 Å². The molecule has 80 valence electrons. The third-order valence-electron chi connectivity index (χ3n) is 1.99. The van der Waals surface area contributed by atoms with Gasteiger partial charge in [0.2, 0.25) is 0 Å². The van der Waals surface area contributed by atoms with E-state index in [1.807, 2.05) is 18.5 Å². The molecule has 2 atom stereocenters. The second kappa shape index (κ2) is 5.12. The van der Waals surface area contributed by atoms with E-state index in [2.05, 4.69) is 21.8 Å². The molecule has 0 aliphatic carbocycles. The van der Waals surface area contributed by atoms with E-state index in [1.54, 1.807) is 34.4 Å². The topological polar surface area (TPSA) is 38.9 Å². The molecule has 2 N–H and O–H groups in total. The Hall–Kier alpha value is -0.360. The first-order chi connectivity index (χ1) is 7.27. The smallest absolute Gasteiger partial charge is 0.150 e. The number of nitrogens with two attached hydrogens (primary N) is 1. The summed E-state index contributed by atoms with van der Waals surface area (Å²) < 4.78 is 1.09. The van der Waals surface area contributed by atoms with Crippen molar-refractivity contribution in [2.24, 2.45) is 5.73 Å². The van der Waals surface area contributed by atoms with E-state index in [4.69, 9.17) is 5.73 Å². The molecule has 0 aliphatic rings. The molecular weight excluding hydrogens is 244 g/mol. The van der Waals surface area contributed by atoms with Crippen LogP contribution in [-0.4, -0.2) is 11.0 Å². The Morgan fingerprint density at radius 1 is 1.47 bits per heavy atom. The van der Waals surface area contributed by atoms with Gasteiger partial charge in [-0.3, -0.25) is 0 Å². The molecule has 5 heteroatoms. The van der Waals surface area contributed by atoms with Crippen molar-refractivity contribution < 1.29 is 0 Å². The molecule has 0 radical (unpaired) electrons. The third kappa shape index (κ3) is 2.81. The van der Waals surface area contributed by atoms with Crippen molar-refractivity contribution in [1.29, 1.82) is 0 Å². The Balaban J connectivity index is 2.14. The number of thioether (sulfide) groups is 1. The minimum absolute atomic E-state index is 0.133. The molecule has 15 heavy (non-hydrogen) atoms. The number of rotatable bonds is 4. The second-order valence-corrected chi connectivity index (χ2v) is 6.32. The molecule has 2 nitrogen and oxygen atoms in total. The van der Waals surface area contributed by atoms with Gasteiger partial charge in [-0.2, -0.15) is 11.3 Å². The van der Waals surface area contributed by atoms with Crippen LogP contribution in [0.4, 0.5) is 0 Å². The molecule has 0 saturated heterocycles. The van der Waals surface area contributed by atoms with Gasteiger partial charge in [0.15, 0.2) is 0 Å². The van der Waals surface area contributed by atoms with Crippen molar-refractivity contribution in [2.75, 3.05) is 0 Å². The van der Waals surface area contributed by atoms with Crippen molar-refractivity contribution in [3.63, 3.8) is 0 Å². The molecule has 2 aromatic rings. The van der Waals surface area contributed by atoms with Crippen LogP contribution in [0.25, 0.3) is 0 Å². The maximum absolute atomic E-state index is 6.01. The van der Waals surface area contributed by atoms with Crippen LogP contribution in [0.3, 0.4) is 0 Å². The minimum Gasteiger partial charge on any atom is -0.327 e. The molecule has 0 fully saturated rings. The highest BCUT2D eigenvalue weighted by Gasteiger charge is 2.19. The number of aromatic nitrogens is 1. The van der Waals surface area contributed by atoms with Gasteiger partial charge in [0.25, 0.3) is 0 Å². The Labute approximate surface area is 102 Å². The molecule has 2 heterocycles. The van der Waals surface area contributed by atoms with Crippen molar-refractivity contribution in [1.82, 2.24) is 4.98 Å². The molecule has 0 saturated carbocycles. The average molecular weight is 256 g/mol. The number of thiazole rings is 1. The van der Waals surface area contributed by atoms with Crippen molar-refractivity contribution in [3.8, 4) is 0 Å². The second-order valence-electron chi connectivity index (χ2n) is 3.25. The van der Waals surface area contributed by atoms with E-state index in [0.29, 0.717) is 5.25 Å². The quantitative estimate of drug-likeness (QED) is 0.852. The maximum atomic E-state index is 6.01. The summed E-state index contributed by atoms with van der Waals surface area (Å²) in [5.74, 6) is 0. The zero-order chi connectivity index (χ0) is 10.7. The van der Waals surface area contributed by atoms with E-state index >= 15 is 0 Å². The van der Waals surface area contributed by atoms with Crippen molar-refractivity contribution in [3.05, 3.63) is 34.0 Å². The first kappa shape index (κ1) is 11.1. The highest BCUT2D eigenvalue weighted by molar-refractivity contribution is 8.01. The van der Waals surface area contributed by atoms with Crippen LogP contribution in [0.15, 0.2) is 32.7 Å². The Morgan fingerprint density at radius 3 is 2.87 bits per heavy atom. The third-order valence-corrected chi connectivity index (χ3v) is 5.09. The number of nitrogens with zero attached hydrogens (tertiary/aromatic N) is 1. The molecule has 2 unspecified atom stereocenters. The van der Waals surface area contributed by atoms with Crippen LogP contribution in [0.1, 0.15) is 17.7 Å². The van der Waals surface area contributed by atoms with Crippen molar-refractivity contribution in [2.45, 2.75) is 22.6 Å². The SMILES string of the molecule is CC(N)C(Sc1nccs1)c1ccsc1. The summed E-state index contributed by atoms with van der Waals surface area (Å²) in [5.41, 5.74) is 7.31. The van der Waals surface area contributed by atoms with Gasteiger partial charge in [0.1, 0.15) is 4.34 Å². The van der Waals surface area contributed by atoms with Crippen LogP contribution in [0, 0.1) is 0 Å². The Morgan fingerprint density at radius 2 is 2.33 bits per heavy atom. The summed E-state index contributed by atoms with van der Waals surface area (Å²) in [5, 5.41) is 6.55. The minimum atomic E-state index is 0.133. The molecule has 0 spiro atoms.